The summed E-state index contributed by atoms with van der Waals surface area (Å²) >= 11 is 0. The van der Waals surface area contributed by atoms with Crippen molar-refractivity contribution in [3.63, 3.8) is 0 Å². The fourth-order valence-corrected chi connectivity index (χ4v) is 2.45. The second-order valence-corrected chi connectivity index (χ2v) is 5.09. The maximum atomic E-state index is 5.52. The molecule has 1 aromatic carbocycles. The minimum atomic E-state index is 0.803. The van der Waals surface area contributed by atoms with E-state index in [-0.39, 0.29) is 0 Å². The van der Waals surface area contributed by atoms with Crippen molar-refractivity contribution in [2.75, 3.05) is 33.4 Å². The Morgan fingerprint density at radius 3 is 3.05 bits per heavy atom. The van der Waals surface area contributed by atoms with Crippen molar-refractivity contribution in [3.8, 4) is 5.75 Å². The van der Waals surface area contributed by atoms with Crippen LogP contribution in [0.3, 0.4) is 0 Å². The van der Waals surface area contributed by atoms with E-state index in [9.17, 15) is 0 Å². The smallest absolute Gasteiger partial charge is 0.122 e. The fourth-order valence-electron chi connectivity index (χ4n) is 2.45. The molecule has 0 unspecified atom stereocenters. The molecule has 0 saturated carbocycles. The number of nitrogens with one attached hydrogen (secondary N) is 1. The zero-order valence-corrected chi connectivity index (χ0v) is 11.9. The van der Waals surface area contributed by atoms with Gasteiger partial charge in [-0.15, -0.1) is 0 Å². The van der Waals surface area contributed by atoms with Crippen molar-refractivity contribution in [1.29, 1.82) is 0 Å². The van der Waals surface area contributed by atoms with Gasteiger partial charge in [0.05, 0.1) is 13.2 Å². The van der Waals surface area contributed by atoms with Crippen molar-refractivity contribution >= 4 is 0 Å². The van der Waals surface area contributed by atoms with Gasteiger partial charge in [-0.1, -0.05) is 18.6 Å². The molecule has 0 saturated heterocycles. The molecule has 3 nitrogen and oxygen atoms in total. The van der Waals surface area contributed by atoms with E-state index in [0.717, 1.165) is 38.5 Å². The zero-order chi connectivity index (χ0) is 13.3. The molecular formula is C16H25NO2. The molecule has 1 aromatic rings. The maximum Gasteiger partial charge on any atom is 0.122 e. The highest BCUT2D eigenvalue weighted by Gasteiger charge is 2.11. The van der Waals surface area contributed by atoms with E-state index >= 15 is 0 Å². The van der Waals surface area contributed by atoms with Crippen LogP contribution < -0.4 is 10.1 Å². The number of hydrogen-bond donors (Lipinski definition) is 1. The fraction of sp³-hybridized carbons (Fsp3) is 0.625. The molecule has 0 fully saturated rings. The number of methoxy groups -OCH3 is 1. The molecule has 1 N–H and O–H groups in total. The summed E-state index contributed by atoms with van der Waals surface area (Å²) in [5.74, 6) is 1.09. The number of rotatable bonds is 9. The lowest BCUT2D eigenvalue weighted by Crippen LogP contribution is -2.20. The monoisotopic (exact) mass is 263 g/mol. The van der Waals surface area contributed by atoms with Gasteiger partial charge in [-0.3, -0.25) is 0 Å². The van der Waals surface area contributed by atoms with E-state index in [1.807, 2.05) is 0 Å². The predicted molar refractivity (Wildman–Crippen MR) is 77.9 cm³/mol. The van der Waals surface area contributed by atoms with E-state index < -0.39 is 0 Å². The van der Waals surface area contributed by atoms with Crippen LogP contribution in [0.25, 0.3) is 0 Å². The van der Waals surface area contributed by atoms with Crippen LogP contribution in [0.2, 0.25) is 0 Å². The van der Waals surface area contributed by atoms with Gasteiger partial charge < -0.3 is 14.8 Å². The van der Waals surface area contributed by atoms with Crippen LogP contribution in [0, 0.1) is 0 Å². The molecule has 106 valence electrons. The Balaban J connectivity index is 1.56. The summed E-state index contributed by atoms with van der Waals surface area (Å²) in [5.41, 5.74) is 2.84. The highest BCUT2D eigenvalue weighted by Crippen LogP contribution is 2.26. The molecule has 2 rings (SSSR count). The molecule has 19 heavy (non-hydrogen) atoms. The number of aryl methyl sites for hydroxylation is 1. The van der Waals surface area contributed by atoms with Crippen LogP contribution in [0.1, 0.15) is 30.4 Å². The average Bonchev–Trinajstić information content (AvgIpc) is 2.89. The lowest BCUT2D eigenvalue weighted by Gasteiger charge is -2.05. The normalized spacial score (nSPS) is 13.3. The van der Waals surface area contributed by atoms with Crippen LogP contribution in [-0.4, -0.2) is 33.4 Å². The molecular weight excluding hydrogens is 238 g/mol. The minimum absolute atomic E-state index is 0.803. The third-order valence-electron chi connectivity index (χ3n) is 3.56. The summed E-state index contributed by atoms with van der Waals surface area (Å²) < 4.78 is 10.5. The van der Waals surface area contributed by atoms with Crippen LogP contribution in [0.15, 0.2) is 18.2 Å². The Kier molecular flexibility index (Phi) is 6.18. The van der Waals surface area contributed by atoms with Gasteiger partial charge in [0.2, 0.25) is 0 Å². The Labute approximate surface area is 116 Å². The van der Waals surface area contributed by atoms with Crippen LogP contribution >= 0.6 is 0 Å². The second kappa shape index (κ2) is 8.18. The van der Waals surface area contributed by atoms with Gasteiger partial charge in [-0.2, -0.15) is 0 Å². The first-order valence-electron chi connectivity index (χ1n) is 7.34. The number of benzene rings is 1. The molecule has 0 aliphatic carbocycles. The Bertz CT molecular complexity index is 379. The number of fused-ring (bicyclic) bond motifs is 1. The molecule has 0 spiro atoms. The summed E-state index contributed by atoms with van der Waals surface area (Å²) in [6, 6.07) is 6.66. The highest BCUT2D eigenvalue weighted by molar-refractivity contribution is 5.39. The quantitative estimate of drug-likeness (QED) is 0.695. The summed E-state index contributed by atoms with van der Waals surface area (Å²) in [5, 5.41) is 3.38. The topological polar surface area (TPSA) is 30.5 Å². The van der Waals surface area contributed by atoms with Crippen molar-refractivity contribution in [2.24, 2.45) is 0 Å². The van der Waals surface area contributed by atoms with Gasteiger partial charge in [0.25, 0.3) is 0 Å². The van der Waals surface area contributed by atoms with Gasteiger partial charge in [-0.05, 0) is 43.0 Å². The largest absolute Gasteiger partial charge is 0.493 e. The van der Waals surface area contributed by atoms with Gasteiger partial charge in [0.15, 0.2) is 0 Å². The van der Waals surface area contributed by atoms with E-state index in [0.29, 0.717) is 0 Å². The number of unbranched alkanes of at least 4 members (excludes halogenated alkanes) is 2. The predicted octanol–water partition coefficient (Wildman–Crippen LogP) is 2.57. The molecule has 1 heterocycles. The summed E-state index contributed by atoms with van der Waals surface area (Å²) in [7, 11) is 1.74. The lowest BCUT2D eigenvalue weighted by atomic mass is 10.0. The summed E-state index contributed by atoms with van der Waals surface area (Å²) in [6.45, 7) is 3.71. The summed E-state index contributed by atoms with van der Waals surface area (Å²) in [4.78, 5) is 0. The summed E-state index contributed by atoms with van der Waals surface area (Å²) in [6.07, 6.45) is 6.06. The van der Waals surface area contributed by atoms with E-state index in [1.54, 1.807) is 7.11 Å². The van der Waals surface area contributed by atoms with Crippen molar-refractivity contribution in [2.45, 2.75) is 32.1 Å². The third-order valence-corrected chi connectivity index (χ3v) is 3.56. The standard InChI is InChI=1S/C16H25NO2/c1-18-12-10-17-9-4-2-3-5-14-6-7-16-15(13-14)8-11-19-16/h6-7,13,17H,2-5,8-12H2,1H3. The van der Waals surface area contributed by atoms with Crippen LogP contribution in [-0.2, 0) is 17.6 Å². The Morgan fingerprint density at radius 1 is 1.21 bits per heavy atom. The SMILES string of the molecule is COCCNCCCCCc1ccc2c(c1)CCO2. The maximum absolute atomic E-state index is 5.52. The zero-order valence-electron chi connectivity index (χ0n) is 11.9. The Morgan fingerprint density at radius 2 is 2.16 bits per heavy atom. The average molecular weight is 263 g/mol. The van der Waals surface area contributed by atoms with Gasteiger partial charge >= 0.3 is 0 Å². The van der Waals surface area contributed by atoms with E-state index in [2.05, 4.69) is 23.5 Å². The van der Waals surface area contributed by atoms with Crippen LogP contribution in [0.4, 0.5) is 0 Å². The van der Waals surface area contributed by atoms with E-state index in [4.69, 9.17) is 9.47 Å². The highest BCUT2D eigenvalue weighted by atomic mass is 16.5. The lowest BCUT2D eigenvalue weighted by molar-refractivity contribution is 0.199. The second-order valence-electron chi connectivity index (χ2n) is 5.09. The first-order valence-corrected chi connectivity index (χ1v) is 7.34. The van der Waals surface area contributed by atoms with Gasteiger partial charge in [-0.25, -0.2) is 0 Å². The number of hydrogen-bond acceptors (Lipinski definition) is 3. The molecule has 0 bridgehead atoms. The molecule has 0 atom stereocenters. The first kappa shape index (κ1) is 14.4. The van der Waals surface area contributed by atoms with Crippen molar-refractivity contribution in [3.05, 3.63) is 29.3 Å². The first-order chi connectivity index (χ1) is 9.40. The molecule has 0 amide bonds. The van der Waals surface area contributed by atoms with Crippen molar-refractivity contribution in [1.82, 2.24) is 5.32 Å². The van der Waals surface area contributed by atoms with Gasteiger partial charge in [0.1, 0.15) is 5.75 Å². The molecule has 0 radical (unpaired) electrons. The third kappa shape index (κ3) is 4.84. The van der Waals surface area contributed by atoms with Gasteiger partial charge in [0, 0.05) is 20.1 Å². The minimum Gasteiger partial charge on any atom is -0.493 e. The van der Waals surface area contributed by atoms with Crippen molar-refractivity contribution < 1.29 is 9.47 Å². The molecule has 1 aliphatic heterocycles. The Hall–Kier alpha value is -1.06. The molecule has 1 aliphatic rings. The molecule has 3 heteroatoms. The van der Waals surface area contributed by atoms with E-state index in [1.165, 1.54) is 36.8 Å². The van der Waals surface area contributed by atoms with Crippen LogP contribution in [0.5, 0.6) is 5.75 Å². The number of ether oxygens (including phenoxy) is 2. The molecule has 0 aromatic heterocycles.